The van der Waals surface area contributed by atoms with Gasteiger partial charge in [-0.3, -0.25) is 14.2 Å². The zero-order valence-electron chi connectivity index (χ0n) is 22.7. The number of hydrogen-bond donors (Lipinski definition) is 0. The van der Waals surface area contributed by atoms with Crippen molar-refractivity contribution < 1.29 is 9.53 Å². The lowest BCUT2D eigenvalue weighted by atomic mass is 9.96. The fourth-order valence-electron chi connectivity index (χ4n) is 5.12. The Bertz CT molecular complexity index is 1730. The van der Waals surface area contributed by atoms with E-state index in [0.717, 1.165) is 31.9 Å². The van der Waals surface area contributed by atoms with Gasteiger partial charge in [0.2, 0.25) is 11.7 Å². The number of ether oxygens (including phenoxy) is 1. The third-order valence-electron chi connectivity index (χ3n) is 7.48. The van der Waals surface area contributed by atoms with Crippen molar-refractivity contribution >= 4 is 50.7 Å². The van der Waals surface area contributed by atoms with Gasteiger partial charge >= 0.3 is 0 Å². The number of hydrogen-bond acceptors (Lipinski definition) is 7. The van der Waals surface area contributed by atoms with Crippen LogP contribution in [0.15, 0.2) is 70.6 Å². The number of rotatable bonds is 8. The van der Waals surface area contributed by atoms with Crippen molar-refractivity contribution in [2.45, 2.75) is 51.1 Å². The smallest absolute Gasteiger partial charge is 0.263 e. The number of amides is 1. The van der Waals surface area contributed by atoms with E-state index >= 15 is 0 Å². The maximum absolute atomic E-state index is 14.1. The van der Waals surface area contributed by atoms with E-state index < -0.39 is 0 Å². The number of fused-ring (bicyclic) bond motifs is 5. The Hall–Kier alpha value is -3.47. The summed E-state index contributed by atoms with van der Waals surface area (Å²) in [5.41, 5.74) is 3.03. The van der Waals surface area contributed by atoms with Crippen molar-refractivity contribution in [1.82, 2.24) is 19.2 Å². The van der Waals surface area contributed by atoms with Crippen LogP contribution in [-0.2, 0) is 35.5 Å². The first-order valence-electron chi connectivity index (χ1n) is 13.4. The SMILES string of the molecule is CC(C)[C@H]1Cc2c(sc3c2c(=O)n(CCc2ccccc2)c2nnc(SCC(=O)N(C)c4ccccc4)n32)CO1. The zero-order chi connectivity index (χ0) is 27.8. The number of anilines is 1. The van der Waals surface area contributed by atoms with Crippen LogP contribution in [-0.4, -0.2) is 44.0 Å². The highest BCUT2D eigenvalue weighted by atomic mass is 32.2. The maximum atomic E-state index is 14.1. The van der Waals surface area contributed by atoms with Crippen molar-refractivity contribution in [2.24, 2.45) is 5.92 Å². The number of nitrogens with zero attached hydrogens (tertiary/aromatic N) is 5. The number of carbonyl (C=O) groups excluding carboxylic acids is 1. The molecule has 1 amide bonds. The van der Waals surface area contributed by atoms with Gasteiger partial charge in [-0.1, -0.05) is 74.1 Å². The molecular formula is C30H31N5O3S2. The molecule has 2 aromatic carbocycles. The molecule has 1 aliphatic heterocycles. The summed E-state index contributed by atoms with van der Waals surface area (Å²) in [6, 6.07) is 19.7. The molecule has 0 fully saturated rings. The molecule has 10 heteroatoms. The number of thioether (sulfide) groups is 1. The second-order valence-corrected chi connectivity index (χ2v) is 12.4. The number of thiophene rings is 1. The van der Waals surface area contributed by atoms with Crippen molar-refractivity contribution in [3.05, 3.63) is 87.0 Å². The fourth-order valence-corrected chi connectivity index (χ4v) is 7.26. The predicted octanol–water partition coefficient (Wildman–Crippen LogP) is 5.20. The molecule has 206 valence electrons. The van der Waals surface area contributed by atoms with Gasteiger partial charge in [0.1, 0.15) is 4.83 Å². The molecule has 0 spiro atoms. The van der Waals surface area contributed by atoms with Crippen LogP contribution in [0, 0.1) is 5.92 Å². The maximum Gasteiger partial charge on any atom is 0.263 e. The first kappa shape index (κ1) is 26.7. The molecule has 0 unspecified atom stereocenters. The third kappa shape index (κ3) is 4.95. The van der Waals surface area contributed by atoms with E-state index in [1.165, 1.54) is 11.8 Å². The molecule has 1 aliphatic rings. The van der Waals surface area contributed by atoms with Crippen molar-refractivity contribution in [2.75, 3.05) is 17.7 Å². The third-order valence-corrected chi connectivity index (χ3v) is 9.58. The van der Waals surface area contributed by atoms with Crippen LogP contribution in [0.25, 0.3) is 16.0 Å². The lowest BCUT2D eigenvalue weighted by Crippen LogP contribution is -2.29. The highest BCUT2D eigenvalue weighted by Crippen LogP contribution is 2.37. The molecule has 1 atom stereocenters. The van der Waals surface area contributed by atoms with Crippen molar-refractivity contribution in [1.29, 1.82) is 0 Å². The monoisotopic (exact) mass is 573 g/mol. The number of benzene rings is 2. The Labute approximate surface area is 240 Å². The topological polar surface area (TPSA) is 81.7 Å². The standard InChI is InChI=1S/C30H31N5O3S2/c1-19(2)23-16-22-24(17-38-23)40-28-26(22)27(37)34(15-14-20-10-6-4-7-11-20)29-31-32-30(35(28)29)39-18-25(36)33(3)21-12-8-5-9-13-21/h4-13,19,23H,14-18H2,1-3H3/t23-/m1/s1. The minimum Gasteiger partial charge on any atom is -0.372 e. The summed E-state index contributed by atoms with van der Waals surface area (Å²) in [6.07, 6.45) is 1.47. The second kappa shape index (κ2) is 11.2. The molecule has 6 rings (SSSR count). The number of carbonyl (C=O) groups is 1. The van der Waals surface area contributed by atoms with Gasteiger partial charge in [0.15, 0.2) is 5.16 Å². The van der Waals surface area contributed by atoms with Crippen LogP contribution in [0.4, 0.5) is 5.69 Å². The van der Waals surface area contributed by atoms with Crippen LogP contribution in [0.2, 0.25) is 0 Å². The lowest BCUT2D eigenvalue weighted by molar-refractivity contribution is -0.115. The number of aryl methyl sites for hydroxylation is 2. The molecule has 0 saturated carbocycles. The van der Waals surface area contributed by atoms with Crippen molar-refractivity contribution in [3.63, 3.8) is 0 Å². The summed E-state index contributed by atoms with van der Waals surface area (Å²) in [5, 5.41) is 10.3. The summed E-state index contributed by atoms with van der Waals surface area (Å²) < 4.78 is 9.86. The normalized spacial score (nSPS) is 15.2. The summed E-state index contributed by atoms with van der Waals surface area (Å²) in [6.45, 7) is 5.28. The first-order chi connectivity index (χ1) is 19.4. The quantitative estimate of drug-likeness (QED) is 0.237. The van der Waals surface area contributed by atoms with E-state index in [1.807, 2.05) is 52.9 Å². The molecular weight excluding hydrogens is 542 g/mol. The average Bonchev–Trinajstić information content (AvgIpc) is 3.57. The van der Waals surface area contributed by atoms with E-state index in [0.29, 0.717) is 42.8 Å². The van der Waals surface area contributed by atoms with Gasteiger partial charge in [0.25, 0.3) is 5.56 Å². The van der Waals surface area contributed by atoms with Gasteiger partial charge in [0.05, 0.1) is 23.8 Å². The Morgan fingerprint density at radius 2 is 1.85 bits per heavy atom. The minimum absolute atomic E-state index is 0.0378. The first-order valence-corrected chi connectivity index (χ1v) is 15.2. The molecule has 0 radical (unpaired) electrons. The highest BCUT2D eigenvalue weighted by molar-refractivity contribution is 7.99. The molecule has 0 saturated heterocycles. The van der Waals surface area contributed by atoms with Crippen LogP contribution in [0.3, 0.4) is 0 Å². The Morgan fingerprint density at radius 3 is 2.58 bits per heavy atom. The van der Waals surface area contributed by atoms with Crippen LogP contribution in [0.5, 0.6) is 0 Å². The number of aromatic nitrogens is 4. The van der Waals surface area contributed by atoms with E-state index in [4.69, 9.17) is 4.74 Å². The molecule has 40 heavy (non-hydrogen) atoms. The van der Waals surface area contributed by atoms with Gasteiger partial charge < -0.3 is 9.64 Å². The second-order valence-electron chi connectivity index (χ2n) is 10.4. The number of para-hydroxylation sites is 1. The lowest BCUT2D eigenvalue weighted by Gasteiger charge is -2.26. The van der Waals surface area contributed by atoms with Gasteiger partial charge in [0, 0.05) is 30.6 Å². The predicted molar refractivity (Wildman–Crippen MR) is 160 cm³/mol. The molecule has 0 bridgehead atoms. The van der Waals surface area contributed by atoms with E-state index in [9.17, 15) is 9.59 Å². The fraction of sp³-hybridized carbons (Fsp3) is 0.333. The largest absolute Gasteiger partial charge is 0.372 e. The van der Waals surface area contributed by atoms with Crippen LogP contribution in [0.1, 0.15) is 29.9 Å². The highest BCUT2D eigenvalue weighted by Gasteiger charge is 2.30. The molecule has 5 aromatic rings. The van der Waals surface area contributed by atoms with E-state index in [-0.39, 0.29) is 23.3 Å². The zero-order valence-corrected chi connectivity index (χ0v) is 24.4. The van der Waals surface area contributed by atoms with Gasteiger partial charge in [-0.2, -0.15) is 0 Å². The molecule has 4 heterocycles. The van der Waals surface area contributed by atoms with Crippen molar-refractivity contribution in [3.8, 4) is 0 Å². The molecule has 0 N–H and O–H groups in total. The van der Waals surface area contributed by atoms with E-state index in [2.05, 4.69) is 36.2 Å². The Morgan fingerprint density at radius 1 is 1.12 bits per heavy atom. The summed E-state index contributed by atoms with van der Waals surface area (Å²) in [7, 11) is 1.78. The summed E-state index contributed by atoms with van der Waals surface area (Å²) in [4.78, 5) is 30.7. The van der Waals surface area contributed by atoms with Gasteiger partial charge in [-0.05, 0) is 35.6 Å². The molecule has 0 aliphatic carbocycles. The Balaban J connectivity index is 1.41. The van der Waals surface area contributed by atoms with Crippen LogP contribution >= 0.6 is 23.1 Å². The summed E-state index contributed by atoms with van der Waals surface area (Å²) in [5.74, 6) is 1.00. The van der Waals surface area contributed by atoms with Gasteiger partial charge in [-0.25, -0.2) is 4.40 Å². The van der Waals surface area contributed by atoms with Gasteiger partial charge in [-0.15, -0.1) is 21.5 Å². The van der Waals surface area contributed by atoms with E-state index in [1.54, 1.807) is 27.9 Å². The summed E-state index contributed by atoms with van der Waals surface area (Å²) >= 11 is 2.91. The minimum atomic E-state index is -0.0414. The Kier molecular flexibility index (Phi) is 7.48. The average molecular weight is 574 g/mol. The molecule has 8 nitrogen and oxygen atoms in total. The van der Waals surface area contributed by atoms with Crippen LogP contribution < -0.4 is 10.5 Å². The molecule has 3 aromatic heterocycles.